The van der Waals surface area contributed by atoms with Gasteiger partial charge in [0, 0.05) is 11.3 Å². The molecule has 3 rings (SSSR count). The maximum absolute atomic E-state index is 11.3. The lowest BCUT2D eigenvalue weighted by Crippen LogP contribution is -2.23. The molecule has 0 fully saturated rings. The van der Waals surface area contributed by atoms with Crippen LogP contribution in [0.5, 0.6) is 0 Å². The van der Waals surface area contributed by atoms with Crippen molar-refractivity contribution in [3.05, 3.63) is 46.3 Å². The summed E-state index contributed by atoms with van der Waals surface area (Å²) in [5, 5.41) is 15.2. The molecule has 20 heavy (non-hydrogen) atoms. The van der Waals surface area contributed by atoms with Crippen LogP contribution < -0.4 is 0 Å². The molecule has 2 heterocycles. The number of rotatable bonds is 4. The molecule has 0 saturated heterocycles. The first-order valence-corrected chi connectivity index (χ1v) is 7.34. The van der Waals surface area contributed by atoms with E-state index >= 15 is 0 Å². The number of carboxylic acid groups (broad SMARTS) is 1. The third-order valence-corrected chi connectivity index (χ3v) is 4.34. The van der Waals surface area contributed by atoms with Gasteiger partial charge in [0.25, 0.3) is 0 Å². The Kier molecular flexibility index (Phi) is 3.64. The maximum Gasteiger partial charge on any atom is 0.307 e. The first kappa shape index (κ1) is 13.1. The number of hydrogen-bond donors (Lipinski definition) is 1. The molecule has 1 N–H and O–H groups in total. The van der Waals surface area contributed by atoms with E-state index in [1.165, 1.54) is 0 Å². The number of nitrogens with zero attached hydrogens (tertiary/aromatic N) is 2. The molecule has 6 heteroatoms. The normalized spacial score (nSPS) is 22.0. The van der Waals surface area contributed by atoms with Gasteiger partial charge in [-0.2, -0.15) is 4.98 Å². The number of carboxylic acids is 1. The molecule has 0 bridgehead atoms. The lowest BCUT2D eigenvalue weighted by atomic mass is 9.83. The van der Waals surface area contributed by atoms with Gasteiger partial charge in [-0.1, -0.05) is 23.4 Å². The summed E-state index contributed by atoms with van der Waals surface area (Å²) >= 11 is 1.64. The fourth-order valence-corrected chi connectivity index (χ4v) is 3.12. The molecule has 0 amide bonds. The Morgan fingerprint density at radius 1 is 1.45 bits per heavy atom. The van der Waals surface area contributed by atoms with Crippen molar-refractivity contribution in [3.8, 4) is 0 Å². The van der Waals surface area contributed by atoms with Crippen molar-refractivity contribution < 1.29 is 14.4 Å². The second-order valence-electron chi connectivity index (χ2n) is 4.80. The van der Waals surface area contributed by atoms with E-state index in [-0.39, 0.29) is 5.92 Å². The van der Waals surface area contributed by atoms with Crippen LogP contribution >= 0.6 is 11.3 Å². The summed E-state index contributed by atoms with van der Waals surface area (Å²) in [6.07, 6.45) is 5.66. The van der Waals surface area contributed by atoms with Crippen molar-refractivity contribution in [2.45, 2.75) is 25.2 Å². The fourth-order valence-electron chi connectivity index (χ4n) is 2.42. The number of thiophene rings is 1. The smallest absolute Gasteiger partial charge is 0.307 e. The molecule has 2 aromatic rings. The predicted molar refractivity (Wildman–Crippen MR) is 73.7 cm³/mol. The van der Waals surface area contributed by atoms with Crippen LogP contribution in [0.4, 0.5) is 0 Å². The SMILES string of the molecule is O=C(O)C1CC=CCC1c1nc(Cc2cccs2)no1. The molecule has 2 unspecified atom stereocenters. The van der Waals surface area contributed by atoms with Gasteiger partial charge in [0.1, 0.15) is 0 Å². The third-order valence-electron chi connectivity index (χ3n) is 3.46. The zero-order valence-electron chi connectivity index (χ0n) is 10.7. The number of aromatic nitrogens is 2. The van der Waals surface area contributed by atoms with Gasteiger partial charge in [-0.25, -0.2) is 0 Å². The van der Waals surface area contributed by atoms with Crippen molar-refractivity contribution >= 4 is 17.3 Å². The van der Waals surface area contributed by atoms with Crippen LogP contribution in [0.3, 0.4) is 0 Å². The summed E-state index contributed by atoms with van der Waals surface area (Å²) in [5.41, 5.74) is 0. The zero-order valence-corrected chi connectivity index (χ0v) is 11.5. The van der Waals surface area contributed by atoms with Crippen molar-refractivity contribution in [3.63, 3.8) is 0 Å². The van der Waals surface area contributed by atoms with E-state index in [2.05, 4.69) is 10.1 Å². The number of aliphatic carboxylic acids is 1. The van der Waals surface area contributed by atoms with Crippen LogP contribution in [-0.4, -0.2) is 21.2 Å². The first-order chi connectivity index (χ1) is 9.74. The van der Waals surface area contributed by atoms with Gasteiger partial charge >= 0.3 is 5.97 Å². The van der Waals surface area contributed by atoms with E-state index in [1.807, 2.05) is 29.7 Å². The molecular weight excluding hydrogens is 276 g/mol. The van der Waals surface area contributed by atoms with E-state index in [9.17, 15) is 9.90 Å². The highest BCUT2D eigenvalue weighted by Gasteiger charge is 2.33. The molecular formula is C14H14N2O3S. The third kappa shape index (κ3) is 2.65. The highest BCUT2D eigenvalue weighted by Crippen LogP contribution is 2.34. The molecule has 0 saturated carbocycles. The van der Waals surface area contributed by atoms with Crippen LogP contribution in [0.15, 0.2) is 34.2 Å². The maximum atomic E-state index is 11.3. The first-order valence-electron chi connectivity index (χ1n) is 6.46. The summed E-state index contributed by atoms with van der Waals surface area (Å²) in [5.74, 6) is -0.455. The largest absolute Gasteiger partial charge is 0.481 e. The molecule has 1 aliphatic rings. The summed E-state index contributed by atoms with van der Waals surface area (Å²) in [7, 11) is 0. The van der Waals surface area contributed by atoms with E-state index in [1.54, 1.807) is 11.3 Å². The molecule has 0 aromatic carbocycles. The second-order valence-corrected chi connectivity index (χ2v) is 5.83. The monoisotopic (exact) mass is 290 g/mol. The van der Waals surface area contributed by atoms with Crippen molar-refractivity contribution in [2.24, 2.45) is 5.92 Å². The van der Waals surface area contributed by atoms with Gasteiger partial charge in [0.2, 0.25) is 5.89 Å². The van der Waals surface area contributed by atoms with Gasteiger partial charge in [0.05, 0.1) is 11.8 Å². The highest BCUT2D eigenvalue weighted by molar-refractivity contribution is 7.09. The Labute approximate surface area is 119 Å². The average molecular weight is 290 g/mol. The minimum Gasteiger partial charge on any atom is -0.481 e. The van der Waals surface area contributed by atoms with Crippen LogP contribution in [-0.2, 0) is 11.2 Å². The Balaban J connectivity index is 1.78. The summed E-state index contributed by atoms with van der Waals surface area (Å²) < 4.78 is 5.28. The predicted octanol–water partition coefficient (Wildman–Crippen LogP) is 2.86. The standard InChI is InChI=1S/C14H14N2O3S/c17-14(18)11-6-2-1-5-10(11)13-15-12(16-19-13)8-9-4-3-7-20-9/h1-4,7,10-11H,5-6,8H2,(H,17,18). The van der Waals surface area contributed by atoms with Crippen LogP contribution in [0.25, 0.3) is 0 Å². The molecule has 2 atom stereocenters. The fraction of sp³-hybridized carbons (Fsp3) is 0.357. The quantitative estimate of drug-likeness (QED) is 0.876. The Morgan fingerprint density at radius 3 is 3.05 bits per heavy atom. The lowest BCUT2D eigenvalue weighted by molar-refractivity contribution is -0.142. The number of hydrogen-bond acceptors (Lipinski definition) is 5. The lowest BCUT2D eigenvalue weighted by Gasteiger charge is -2.21. The van der Waals surface area contributed by atoms with Crippen LogP contribution in [0.2, 0.25) is 0 Å². The van der Waals surface area contributed by atoms with Crippen molar-refractivity contribution in [1.29, 1.82) is 0 Å². The minimum atomic E-state index is -0.808. The second kappa shape index (κ2) is 5.58. The molecule has 2 aromatic heterocycles. The molecule has 0 radical (unpaired) electrons. The summed E-state index contributed by atoms with van der Waals surface area (Å²) in [6.45, 7) is 0. The number of carbonyl (C=O) groups is 1. The van der Waals surface area contributed by atoms with Crippen molar-refractivity contribution in [2.75, 3.05) is 0 Å². The van der Waals surface area contributed by atoms with Gasteiger partial charge in [-0.3, -0.25) is 4.79 Å². The topological polar surface area (TPSA) is 76.2 Å². The van der Waals surface area contributed by atoms with Gasteiger partial charge in [-0.15, -0.1) is 11.3 Å². The minimum absolute atomic E-state index is 0.220. The van der Waals surface area contributed by atoms with Gasteiger partial charge in [0.15, 0.2) is 5.82 Å². The molecule has 104 valence electrons. The van der Waals surface area contributed by atoms with E-state index in [0.29, 0.717) is 31.0 Å². The Morgan fingerprint density at radius 2 is 2.30 bits per heavy atom. The zero-order chi connectivity index (χ0) is 13.9. The van der Waals surface area contributed by atoms with Crippen LogP contribution in [0.1, 0.15) is 35.4 Å². The molecule has 5 nitrogen and oxygen atoms in total. The summed E-state index contributed by atoms with van der Waals surface area (Å²) in [6, 6.07) is 4.00. The molecule has 0 spiro atoms. The Bertz CT molecular complexity index is 618. The van der Waals surface area contributed by atoms with E-state index in [4.69, 9.17) is 4.52 Å². The molecule has 1 aliphatic carbocycles. The number of allylic oxidation sites excluding steroid dienone is 2. The van der Waals surface area contributed by atoms with E-state index < -0.39 is 11.9 Å². The van der Waals surface area contributed by atoms with Crippen LogP contribution in [0, 0.1) is 5.92 Å². The summed E-state index contributed by atoms with van der Waals surface area (Å²) in [4.78, 5) is 16.8. The van der Waals surface area contributed by atoms with Crippen molar-refractivity contribution in [1.82, 2.24) is 10.1 Å². The molecule has 0 aliphatic heterocycles. The van der Waals surface area contributed by atoms with E-state index in [0.717, 1.165) is 4.88 Å². The van der Waals surface area contributed by atoms with Gasteiger partial charge in [-0.05, 0) is 24.3 Å². The Hall–Kier alpha value is -1.95. The average Bonchev–Trinajstić information content (AvgIpc) is 3.11. The highest BCUT2D eigenvalue weighted by atomic mass is 32.1. The van der Waals surface area contributed by atoms with Gasteiger partial charge < -0.3 is 9.63 Å².